The number of alkyl halides is 2. The van der Waals surface area contributed by atoms with Crippen molar-refractivity contribution in [1.29, 1.82) is 0 Å². The number of urea groups is 1. The van der Waals surface area contributed by atoms with Gasteiger partial charge in [0.15, 0.2) is 0 Å². The number of likely N-dealkylation sites (tertiary alicyclic amines) is 1. The molecule has 7 heteroatoms. The predicted molar refractivity (Wildman–Crippen MR) is 81.7 cm³/mol. The smallest absolute Gasteiger partial charge is 0.318 e. The van der Waals surface area contributed by atoms with Crippen molar-refractivity contribution in [3.05, 3.63) is 29.8 Å². The van der Waals surface area contributed by atoms with Gasteiger partial charge in [0.1, 0.15) is 5.75 Å². The van der Waals surface area contributed by atoms with E-state index in [9.17, 15) is 18.7 Å². The van der Waals surface area contributed by atoms with E-state index >= 15 is 0 Å². The van der Waals surface area contributed by atoms with Gasteiger partial charge in [-0.2, -0.15) is 0 Å². The third-order valence-corrected chi connectivity index (χ3v) is 3.86. The molecule has 1 aliphatic heterocycles. The van der Waals surface area contributed by atoms with Crippen molar-refractivity contribution in [2.75, 3.05) is 19.8 Å². The van der Waals surface area contributed by atoms with Crippen LogP contribution < -0.4 is 10.1 Å². The second kappa shape index (κ2) is 7.12. The molecule has 1 aromatic carbocycles. The molecule has 0 aliphatic carbocycles. The van der Waals surface area contributed by atoms with Crippen molar-refractivity contribution >= 4 is 6.03 Å². The largest absolute Gasteiger partial charge is 0.494 e. The summed E-state index contributed by atoms with van der Waals surface area (Å²) in [5, 5.41) is 11.9. The van der Waals surface area contributed by atoms with Gasteiger partial charge < -0.3 is 20.1 Å². The Balaban J connectivity index is 2.03. The highest BCUT2D eigenvalue weighted by Crippen LogP contribution is 2.32. The third-order valence-electron chi connectivity index (χ3n) is 3.86. The zero-order valence-corrected chi connectivity index (χ0v) is 13.3. The van der Waals surface area contributed by atoms with E-state index < -0.39 is 37.6 Å². The summed E-state index contributed by atoms with van der Waals surface area (Å²) in [4.78, 5) is 13.2. The van der Waals surface area contributed by atoms with Crippen LogP contribution in [-0.4, -0.2) is 47.8 Å². The van der Waals surface area contributed by atoms with Gasteiger partial charge in [-0.15, -0.1) is 0 Å². The number of nitrogens with one attached hydrogen (secondary N) is 1. The summed E-state index contributed by atoms with van der Waals surface area (Å²) in [5.74, 6) is -2.27. The number of nitrogens with zero attached hydrogens (tertiary/aromatic N) is 1. The number of amides is 2. The normalized spacial score (nSPS) is 21.1. The summed E-state index contributed by atoms with van der Waals surface area (Å²) < 4.78 is 32.3. The van der Waals surface area contributed by atoms with Crippen molar-refractivity contribution < 1.29 is 23.4 Å². The minimum Gasteiger partial charge on any atom is -0.494 e. The van der Waals surface area contributed by atoms with Crippen LogP contribution >= 0.6 is 0 Å². The van der Waals surface area contributed by atoms with Crippen LogP contribution in [0.15, 0.2) is 24.3 Å². The van der Waals surface area contributed by atoms with Crippen LogP contribution in [0.5, 0.6) is 5.75 Å². The van der Waals surface area contributed by atoms with Crippen molar-refractivity contribution in [2.24, 2.45) is 0 Å². The maximum Gasteiger partial charge on any atom is 0.318 e. The van der Waals surface area contributed by atoms with E-state index in [1.807, 2.05) is 25.1 Å². The Hall–Kier alpha value is -1.89. The van der Waals surface area contributed by atoms with Gasteiger partial charge in [-0.25, -0.2) is 13.6 Å². The zero-order chi connectivity index (χ0) is 17.0. The molecule has 2 rings (SSSR count). The predicted octanol–water partition coefficient (Wildman–Crippen LogP) is 2.56. The second-order valence-electron chi connectivity index (χ2n) is 5.70. The lowest BCUT2D eigenvalue weighted by molar-refractivity contribution is 0.0141. The Kier molecular flexibility index (Phi) is 5.41. The van der Waals surface area contributed by atoms with Gasteiger partial charge in [0.25, 0.3) is 5.92 Å². The summed E-state index contributed by atoms with van der Waals surface area (Å²) in [6.45, 7) is 3.03. The van der Waals surface area contributed by atoms with Crippen LogP contribution in [-0.2, 0) is 0 Å². The summed E-state index contributed by atoms with van der Waals surface area (Å²) in [6.07, 6.45) is -0.509. The minimum absolute atomic E-state index is 0.364. The number of rotatable bonds is 5. The van der Waals surface area contributed by atoms with Gasteiger partial charge in [0, 0.05) is 6.42 Å². The van der Waals surface area contributed by atoms with Crippen LogP contribution in [0.4, 0.5) is 13.6 Å². The Labute approximate surface area is 134 Å². The quantitative estimate of drug-likeness (QED) is 0.873. The molecule has 2 amide bonds. The number of ether oxygens (including phenoxy) is 1. The summed E-state index contributed by atoms with van der Waals surface area (Å²) >= 11 is 0. The average Bonchev–Trinajstić information content (AvgIpc) is 2.83. The molecular weight excluding hydrogens is 306 g/mol. The fourth-order valence-electron chi connectivity index (χ4n) is 2.69. The van der Waals surface area contributed by atoms with Crippen LogP contribution in [0, 0.1) is 0 Å². The van der Waals surface area contributed by atoms with E-state index in [0.717, 1.165) is 10.5 Å². The maximum atomic E-state index is 13.4. The monoisotopic (exact) mass is 328 g/mol. The van der Waals surface area contributed by atoms with Crippen molar-refractivity contribution in [1.82, 2.24) is 10.2 Å². The Morgan fingerprint density at radius 3 is 2.96 bits per heavy atom. The molecule has 1 aromatic rings. The molecule has 1 aliphatic rings. The molecule has 2 atom stereocenters. The highest BCUT2D eigenvalue weighted by atomic mass is 19.3. The molecule has 0 bridgehead atoms. The van der Waals surface area contributed by atoms with E-state index in [4.69, 9.17) is 4.74 Å². The first-order valence-electron chi connectivity index (χ1n) is 7.65. The summed E-state index contributed by atoms with van der Waals surface area (Å²) in [5.41, 5.74) is 0.816. The van der Waals surface area contributed by atoms with E-state index in [-0.39, 0.29) is 6.04 Å². The minimum atomic E-state index is -2.96. The van der Waals surface area contributed by atoms with E-state index in [1.165, 1.54) is 0 Å². The first-order valence-corrected chi connectivity index (χ1v) is 7.65. The molecule has 0 radical (unpaired) electrons. The van der Waals surface area contributed by atoms with Crippen LogP contribution in [0.3, 0.4) is 0 Å². The molecule has 0 saturated carbocycles. The molecule has 1 fully saturated rings. The molecule has 1 saturated heterocycles. The molecule has 2 unspecified atom stereocenters. The molecule has 128 valence electrons. The first-order chi connectivity index (χ1) is 10.9. The van der Waals surface area contributed by atoms with E-state index in [1.54, 1.807) is 13.0 Å². The van der Waals surface area contributed by atoms with Gasteiger partial charge in [-0.3, -0.25) is 0 Å². The fraction of sp³-hybridized carbons (Fsp3) is 0.562. The van der Waals surface area contributed by atoms with E-state index in [0.29, 0.717) is 12.4 Å². The van der Waals surface area contributed by atoms with Gasteiger partial charge in [0.05, 0.1) is 31.8 Å². The number of carbonyl (C=O) groups is 1. The van der Waals surface area contributed by atoms with Crippen molar-refractivity contribution in [2.45, 2.75) is 38.3 Å². The SMILES string of the molecule is CCOc1cccc(C(C)NC(=O)N2CC(F)(F)CC2CO)c1. The second-order valence-corrected chi connectivity index (χ2v) is 5.70. The highest BCUT2D eigenvalue weighted by Gasteiger charge is 2.46. The lowest BCUT2D eigenvalue weighted by atomic mass is 10.1. The topological polar surface area (TPSA) is 61.8 Å². The molecule has 1 heterocycles. The third kappa shape index (κ3) is 4.31. The Bertz CT molecular complexity index is 554. The van der Waals surface area contributed by atoms with Gasteiger partial charge >= 0.3 is 6.03 Å². The average molecular weight is 328 g/mol. The lowest BCUT2D eigenvalue weighted by Gasteiger charge is -2.25. The van der Waals surface area contributed by atoms with Crippen LogP contribution in [0.25, 0.3) is 0 Å². The number of hydrogen-bond donors (Lipinski definition) is 2. The maximum absolute atomic E-state index is 13.4. The molecule has 0 spiro atoms. The lowest BCUT2D eigenvalue weighted by Crippen LogP contribution is -2.45. The van der Waals surface area contributed by atoms with Gasteiger partial charge in [0.2, 0.25) is 0 Å². The molecular formula is C16H22F2N2O3. The van der Waals surface area contributed by atoms with Crippen LogP contribution in [0.2, 0.25) is 0 Å². The molecule has 2 N–H and O–H groups in total. The number of carbonyl (C=O) groups excluding carboxylic acids is 1. The first kappa shape index (κ1) is 17.5. The number of aliphatic hydroxyl groups excluding tert-OH is 1. The number of hydrogen-bond acceptors (Lipinski definition) is 3. The Morgan fingerprint density at radius 1 is 1.57 bits per heavy atom. The number of benzene rings is 1. The molecule has 5 nitrogen and oxygen atoms in total. The number of halogens is 2. The number of aliphatic hydroxyl groups is 1. The van der Waals surface area contributed by atoms with Gasteiger partial charge in [-0.1, -0.05) is 12.1 Å². The van der Waals surface area contributed by atoms with Crippen molar-refractivity contribution in [3.63, 3.8) is 0 Å². The highest BCUT2D eigenvalue weighted by molar-refractivity contribution is 5.75. The molecule has 0 aromatic heterocycles. The van der Waals surface area contributed by atoms with E-state index in [2.05, 4.69) is 5.32 Å². The molecule has 23 heavy (non-hydrogen) atoms. The Morgan fingerprint density at radius 2 is 2.30 bits per heavy atom. The van der Waals surface area contributed by atoms with Crippen LogP contribution in [0.1, 0.15) is 31.9 Å². The standard InChI is InChI=1S/C16H22F2N2O3/c1-3-23-14-6-4-5-12(7-14)11(2)19-15(22)20-10-16(17,18)8-13(20)9-21/h4-7,11,13,21H,3,8-10H2,1-2H3,(H,19,22). The summed E-state index contributed by atoms with van der Waals surface area (Å²) in [6, 6.07) is 5.43. The fourth-order valence-corrected chi connectivity index (χ4v) is 2.69. The zero-order valence-electron chi connectivity index (χ0n) is 13.3. The van der Waals surface area contributed by atoms with Crippen molar-refractivity contribution in [3.8, 4) is 5.75 Å². The van der Waals surface area contributed by atoms with Gasteiger partial charge in [-0.05, 0) is 31.5 Å². The summed E-state index contributed by atoms with van der Waals surface area (Å²) in [7, 11) is 0.